The number of para-hydroxylation sites is 1. The van der Waals surface area contributed by atoms with Crippen molar-refractivity contribution in [3.8, 4) is 17.0 Å². The molecule has 170 valence electrons. The normalized spacial score (nSPS) is 13.7. The van der Waals surface area contributed by atoms with Crippen molar-refractivity contribution in [2.24, 2.45) is 10.2 Å². The molecular weight excluding hydrogens is 460 g/mol. The van der Waals surface area contributed by atoms with Crippen molar-refractivity contribution < 1.29 is 18.1 Å². The molecule has 0 radical (unpaired) electrons. The molecule has 0 unspecified atom stereocenters. The topological polar surface area (TPSA) is 141 Å². The molecule has 0 aliphatic carbocycles. The van der Waals surface area contributed by atoms with Gasteiger partial charge in [0.2, 0.25) is 0 Å². The van der Waals surface area contributed by atoms with Gasteiger partial charge in [0.25, 0.3) is 15.7 Å². The maximum absolute atomic E-state index is 13.3. The van der Waals surface area contributed by atoms with E-state index >= 15 is 0 Å². The average Bonchev–Trinajstić information content (AvgIpc) is 3.22. The number of nitro groups is 1. The number of rotatable bonds is 5. The van der Waals surface area contributed by atoms with E-state index in [-0.39, 0.29) is 33.5 Å². The Balaban J connectivity index is 1.69. The number of fused-ring (bicyclic) bond motifs is 2. The number of ether oxygens (including phenoxy) is 1. The fourth-order valence-corrected chi connectivity index (χ4v) is 4.93. The first-order valence-corrected chi connectivity index (χ1v) is 11.4. The minimum atomic E-state index is -3.98. The molecule has 1 N–H and O–H groups in total. The largest absolute Gasteiger partial charge is 0.494 e. The molecule has 1 aliphatic heterocycles. The Morgan fingerprint density at radius 2 is 1.76 bits per heavy atom. The second-order valence-corrected chi connectivity index (χ2v) is 8.93. The van der Waals surface area contributed by atoms with Gasteiger partial charge >= 0.3 is 0 Å². The van der Waals surface area contributed by atoms with E-state index in [1.54, 1.807) is 42.5 Å². The van der Waals surface area contributed by atoms with Gasteiger partial charge in [-0.15, -0.1) is 14.3 Å². The van der Waals surface area contributed by atoms with Crippen LogP contribution in [0.25, 0.3) is 11.3 Å². The number of nitro benzene ring substituents is 1. The fraction of sp³-hybridized carbons (Fsp3) is 0.0455. The van der Waals surface area contributed by atoms with E-state index in [1.807, 2.05) is 6.07 Å². The van der Waals surface area contributed by atoms with Crippen molar-refractivity contribution in [3.05, 3.63) is 82.9 Å². The number of nitrogens with one attached hydrogen (secondary N) is 1. The molecule has 1 aromatic heterocycles. The van der Waals surface area contributed by atoms with Crippen LogP contribution in [0.3, 0.4) is 0 Å². The lowest BCUT2D eigenvalue weighted by Crippen LogP contribution is -2.22. The summed E-state index contributed by atoms with van der Waals surface area (Å²) in [7, 11) is -2.62. The molecule has 0 saturated heterocycles. The van der Waals surface area contributed by atoms with Crippen molar-refractivity contribution in [1.82, 2.24) is 9.19 Å². The van der Waals surface area contributed by atoms with Crippen LogP contribution >= 0.6 is 0 Å². The lowest BCUT2D eigenvalue weighted by molar-refractivity contribution is -0.384. The van der Waals surface area contributed by atoms with Crippen molar-refractivity contribution in [2.75, 3.05) is 12.4 Å². The minimum Gasteiger partial charge on any atom is -0.494 e. The van der Waals surface area contributed by atoms with Gasteiger partial charge in [0.05, 0.1) is 23.8 Å². The van der Waals surface area contributed by atoms with Crippen LogP contribution in [0.2, 0.25) is 0 Å². The number of nitrogens with zero attached hydrogens (tertiary/aromatic N) is 5. The molecular formula is C22H16N6O5S. The highest BCUT2D eigenvalue weighted by molar-refractivity contribution is 7.90. The van der Waals surface area contributed by atoms with Gasteiger partial charge in [0.1, 0.15) is 16.3 Å². The van der Waals surface area contributed by atoms with Crippen LogP contribution in [-0.4, -0.2) is 29.6 Å². The summed E-state index contributed by atoms with van der Waals surface area (Å²) in [5, 5.41) is 27.0. The zero-order chi connectivity index (χ0) is 23.9. The summed E-state index contributed by atoms with van der Waals surface area (Å²) in [5.74, 6) is 0.272. The summed E-state index contributed by atoms with van der Waals surface area (Å²) in [4.78, 5) is 10.6. The molecule has 1 aliphatic rings. The summed E-state index contributed by atoms with van der Waals surface area (Å²) in [6.45, 7) is 0. The number of aromatic nitrogens is 2. The summed E-state index contributed by atoms with van der Waals surface area (Å²) < 4.78 is 32.7. The first-order chi connectivity index (χ1) is 16.4. The van der Waals surface area contributed by atoms with Crippen LogP contribution in [0.15, 0.2) is 87.9 Å². The van der Waals surface area contributed by atoms with Gasteiger partial charge in [-0.1, -0.05) is 42.5 Å². The van der Waals surface area contributed by atoms with E-state index in [4.69, 9.17) is 4.74 Å². The highest BCUT2D eigenvalue weighted by Gasteiger charge is 2.34. The van der Waals surface area contributed by atoms with Crippen molar-refractivity contribution in [2.45, 2.75) is 4.90 Å². The third-order valence-corrected chi connectivity index (χ3v) is 6.79. The predicted octanol–water partition coefficient (Wildman–Crippen LogP) is 5.18. The fourth-order valence-electron chi connectivity index (χ4n) is 3.54. The van der Waals surface area contributed by atoms with Gasteiger partial charge in [-0.25, -0.2) is 0 Å². The van der Waals surface area contributed by atoms with E-state index in [9.17, 15) is 18.5 Å². The van der Waals surface area contributed by atoms with Crippen LogP contribution in [-0.2, 0) is 10.0 Å². The lowest BCUT2D eigenvalue weighted by atomic mass is 10.1. The molecule has 5 rings (SSSR count). The average molecular weight is 476 g/mol. The number of hydrogen-bond donors (Lipinski definition) is 1. The molecule has 12 heteroatoms. The van der Waals surface area contributed by atoms with E-state index in [0.29, 0.717) is 16.9 Å². The second kappa shape index (κ2) is 8.08. The lowest BCUT2D eigenvalue weighted by Gasteiger charge is -2.19. The van der Waals surface area contributed by atoms with Crippen LogP contribution in [0.1, 0.15) is 0 Å². The van der Waals surface area contributed by atoms with Crippen molar-refractivity contribution in [1.29, 1.82) is 0 Å². The Hall–Kier alpha value is -4.58. The first-order valence-electron chi connectivity index (χ1n) is 9.94. The maximum atomic E-state index is 13.3. The molecule has 0 saturated carbocycles. The monoisotopic (exact) mass is 476 g/mol. The van der Waals surface area contributed by atoms with Gasteiger partial charge in [-0.3, -0.25) is 10.1 Å². The van der Waals surface area contributed by atoms with E-state index in [1.165, 1.54) is 31.4 Å². The molecule has 0 atom stereocenters. The Labute approximate surface area is 193 Å². The molecule has 0 spiro atoms. The Morgan fingerprint density at radius 3 is 2.50 bits per heavy atom. The third kappa shape index (κ3) is 3.46. The Kier molecular flexibility index (Phi) is 5.06. The van der Waals surface area contributed by atoms with Gasteiger partial charge in [-0.2, -0.15) is 13.5 Å². The highest BCUT2D eigenvalue weighted by Crippen LogP contribution is 2.45. The number of non-ortho nitro benzene ring substituents is 1. The van der Waals surface area contributed by atoms with Crippen LogP contribution in [0, 0.1) is 10.1 Å². The first kappa shape index (κ1) is 21.3. The van der Waals surface area contributed by atoms with Gasteiger partial charge in [-0.05, 0) is 18.2 Å². The SMILES string of the molecule is COc1cc([N+](=O)[O-])ccc1N=Nc1c(-c2ccccc2)nn2c1Nc1ccccc1S2(=O)=O. The molecule has 11 nitrogen and oxygen atoms in total. The minimum absolute atomic E-state index is 0.0881. The van der Waals surface area contributed by atoms with E-state index in [2.05, 4.69) is 20.6 Å². The number of hydrogen-bond acceptors (Lipinski definition) is 9. The van der Waals surface area contributed by atoms with Crippen LogP contribution in [0.4, 0.5) is 28.6 Å². The van der Waals surface area contributed by atoms with Crippen LogP contribution in [0.5, 0.6) is 5.75 Å². The van der Waals surface area contributed by atoms with E-state index in [0.717, 1.165) is 4.09 Å². The molecule has 2 heterocycles. The summed E-state index contributed by atoms with van der Waals surface area (Å²) in [6, 6.07) is 19.4. The molecule has 3 aromatic carbocycles. The van der Waals surface area contributed by atoms with Gasteiger partial charge in [0, 0.05) is 11.6 Å². The van der Waals surface area contributed by atoms with Crippen LogP contribution < -0.4 is 10.1 Å². The molecule has 0 bridgehead atoms. The summed E-state index contributed by atoms with van der Waals surface area (Å²) in [6.07, 6.45) is 0. The number of azo groups is 1. The van der Waals surface area contributed by atoms with Gasteiger partial charge in [0.15, 0.2) is 17.3 Å². The Morgan fingerprint density at radius 1 is 1.03 bits per heavy atom. The second-order valence-electron chi connectivity index (χ2n) is 7.19. The Bertz CT molecular complexity index is 1560. The number of anilines is 2. The third-order valence-electron chi connectivity index (χ3n) is 5.16. The van der Waals surface area contributed by atoms with E-state index < -0.39 is 14.9 Å². The zero-order valence-electron chi connectivity index (χ0n) is 17.6. The predicted molar refractivity (Wildman–Crippen MR) is 124 cm³/mol. The zero-order valence-corrected chi connectivity index (χ0v) is 18.4. The van der Waals surface area contributed by atoms with Crippen molar-refractivity contribution in [3.63, 3.8) is 0 Å². The molecule has 0 amide bonds. The standard InChI is InChI=1S/C22H16N6O5S/c1-33-18-13-15(28(29)30)11-12-16(18)24-25-21-20(14-7-3-2-4-8-14)26-27-22(21)23-17-9-5-6-10-19(17)34(27,31)32/h2-13,23H,1H3. The highest BCUT2D eigenvalue weighted by atomic mass is 32.2. The molecule has 34 heavy (non-hydrogen) atoms. The molecule has 0 fully saturated rings. The maximum Gasteiger partial charge on any atom is 0.287 e. The quantitative estimate of drug-likeness (QED) is 0.209. The van der Waals surface area contributed by atoms with Crippen molar-refractivity contribution >= 4 is 38.6 Å². The molecule has 4 aromatic rings. The number of benzene rings is 3. The summed E-state index contributed by atoms with van der Waals surface area (Å²) >= 11 is 0. The van der Waals surface area contributed by atoms with Gasteiger partial charge < -0.3 is 10.1 Å². The number of methoxy groups -OCH3 is 1. The smallest absolute Gasteiger partial charge is 0.287 e. The summed E-state index contributed by atoms with van der Waals surface area (Å²) in [5.41, 5.74) is 1.57.